The van der Waals surface area contributed by atoms with Crippen molar-refractivity contribution >= 4 is 39.1 Å². The summed E-state index contributed by atoms with van der Waals surface area (Å²) in [5, 5.41) is 8.20. The second-order valence-electron chi connectivity index (χ2n) is 7.70. The molecule has 0 bridgehead atoms. The van der Waals surface area contributed by atoms with Gasteiger partial charge in [0, 0.05) is 5.39 Å². The van der Waals surface area contributed by atoms with Crippen LogP contribution in [0.4, 0.5) is 5.69 Å². The van der Waals surface area contributed by atoms with Crippen LogP contribution in [0, 0.1) is 6.92 Å². The van der Waals surface area contributed by atoms with Crippen LogP contribution in [-0.4, -0.2) is 28.3 Å². The Hall–Kier alpha value is -4.43. The van der Waals surface area contributed by atoms with Gasteiger partial charge in [-0.15, -0.1) is 11.3 Å². The number of fused-ring (bicyclic) bond motifs is 1. The third-order valence-electron chi connectivity index (χ3n) is 5.21. The highest BCUT2D eigenvalue weighted by Gasteiger charge is 2.19. The molecule has 5 rings (SSSR count). The van der Waals surface area contributed by atoms with Crippen LogP contribution >= 0.6 is 11.3 Å². The van der Waals surface area contributed by atoms with Gasteiger partial charge in [0.1, 0.15) is 15.5 Å². The summed E-state index contributed by atoms with van der Waals surface area (Å²) in [7, 11) is 0. The molecule has 1 amide bonds. The number of carbonyl (C=O) groups excluding carboxylic acids is 2. The number of nitrogens with one attached hydrogen (secondary N) is 1. The molecule has 0 unspecified atom stereocenters. The summed E-state index contributed by atoms with van der Waals surface area (Å²) in [5.74, 6) is 0.114. The lowest BCUT2D eigenvalue weighted by Gasteiger charge is -2.12. The molecule has 0 saturated carbocycles. The number of thiophene rings is 1. The minimum Gasteiger partial charge on any atom is -0.455 e. The molecule has 2 aromatic heterocycles. The molecule has 0 fully saturated rings. The molecule has 2 heterocycles. The molecule has 1 N–H and O–H groups in total. The van der Waals surface area contributed by atoms with Gasteiger partial charge >= 0.3 is 5.97 Å². The molecule has 0 spiro atoms. The molecule has 7 nitrogen and oxygen atoms in total. The van der Waals surface area contributed by atoms with Crippen LogP contribution in [0.15, 0.2) is 91.0 Å². The average Bonchev–Trinajstić information content (AvgIpc) is 3.45. The van der Waals surface area contributed by atoms with Crippen molar-refractivity contribution in [3.63, 3.8) is 0 Å². The largest absolute Gasteiger partial charge is 0.455 e. The van der Waals surface area contributed by atoms with Crippen LogP contribution in [0.3, 0.4) is 0 Å². The van der Waals surface area contributed by atoms with Crippen LogP contribution in [0.2, 0.25) is 0 Å². The van der Waals surface area contributed by atoms with Crippen LogP contribution in [-0.2, 0) is 9.53 Å². The zero-order chi connectivity index (χ0) is 24.2. The van der Waals surface area contributed by atoms with E-state index in [0.717, 1.165) is 21.6 Å². The number of carbonyl (C=O) groups is 2. The maximum Gasteiger partial charge on any atom is 0.348 e. The molecule has 174 valence electrons. The third kappa shape index (κ3) is 4.92. The van der Waals surface area contributed by atoms with E-state index in [-0.39, 0.29) is 0 Å². The number of anilines is 1. The first-order chi connectivity index (χ1) is 17.1. The van der Waals surface area contributed by atoms with Gasteiger partial charge < -0.3 is 14.8 Å². The Labute approximate surface area is 205 Å². The standard InChI is InChI=1S/C27H21N3O4S/c1-18-21-16-24(35-26(21)30(29-18)19-10-4-2-5-11-19)27(32)33-17-25(31)28-22-14-8-9-15-23(22)34-20-12-6-3-7-13-20/h2-16H,17H2,1H3,(H,28,31). The van der Waals surface area contributed by atoms with Crippen molar-refractivity contribution in [2.24, 2.45) is 0 Å². The summed E-state index contributed by atoms with van der Waals surface area (Å²) in [6.45, 7) is 1.47. The lowest BCUT2D eigenvalue weighted by Crippen LogP contribution is -2.20. The van der Waals surface area contributed by atoms with E-state index in [2.05, 4.69) is 10.4 Å². The molecular formula is C27H21N3O4S. The first-order valence-electron chi connectivity index (χ1n) is 10.9. The Balaban J connectivity index is 1.25. The van der Waals surface area contributed by atoms with E-state index in [9.17, 15) is 9.59 Å². The molecular weight excluding hydrogens is 462 g/mol. The molecule has 35 heavy (non-hydrogen) atoms. The normalized spacial score (nSPS) is 10.8. The van der Waals surface area contributed by atoms with Gasteiger partial charge in [-0.3, -0.25) is 4.79 Å². The molecule has 0 aliphatic heterocycles. The number of ether oxygens (including phenoxy) is 2. The second kappa shape index (κ2) is 9.82. The van der Waals surface area contributed by atoms with E-state index in [4.69, 9.17) is 9.47 Å². The highest BCUT2D eigenvalue weighted by Crippen LogP contribution is 2.31. The number of esters is 1. The molecule has 0 aliphatic carbocycles. The van der Waals surface area contributed by atoms with Crippen molar-refractivity contribution in [2.45, 2.75) is 6.92 Å². The molecule has 8 heteroatoms. The van der Waals surface area contributed by atoms with Gasteiger partial charge in [0.25, 0.3) is 5.91 Å². The predicted octanol–water partition coefficient (Wildman–Crippen LogP) is 5.98. The minimum absolute atomic E-state index is 0.408. The van der Waals surface area contributed by atoms with Crippen molar-refractivity contribution in [2.75, 3.05) is 11.9 Å². The lowest BCUT2D eigenvalue weighted by molar-refractivity contribution is -0.119. The van der Waals surface area contributed by atoms with Crippen LogP contribution in [0.25, 0.3) is 15.9 Å². The van der Waals surface area contributed by atoms with Crippen LogP contribution < -0.4 is 10.1 Å². The van der Waals surface area contributed by atoms with Gasteiger partial charge in [0.15, 0.2) is 12.4 Å². The minimum atomic E-state index is -0.561. The van der Waals surface area contributed by atoms with E-state index in [1.807, 2.05) is 78.3 Å². The van der Waals surface area contributed by atoms with E-state index in [1.54, 1.807) is 24.3 Å². The molecule has 0 saturated heterocycles. The number of para-hydroxylation sites is 4. The Morgan fingerprint density at radius 1 is 0.943 bits per heavy atom. The average molecular weight is 484 g/mol. The van der Waals surface area contributed by atoms with E-state index in [0.29, 0.717) is 22.1 Å². The van der Waals surface area contributed by atoms with Crippen molar-refractivity contribution in [1.82, 2.24) is 9.78 Å². The van der Waals surface area contributed by atoms with Crippen molar-refractivity contribution in [3.8, 4) is 17.2 Å². The highest BCUT2D eigenvalue weighted by molar-refractivity contribution is 7.20. The van der Waals surface area contributed by atoms with Gasteiger partial charge in [-0.05, 0) is 49.4 Å². The van der Waals surface area contributed by atoms with Crippen molar-refractivity contribution in [1.29, 1.82) is 0 Å². The number of nitrogens with zero attached hydrogens (tertiary/aromatic N) is 2. The number of benzene rings is 3. The van der Waals surface area contributed by atoms with Gasteiger partial charge in [-0.1, -0.05) is 48.5 Å². The van der Waals surface area contributed by atoms with Gasteiger partial charge in [0.2, 0.25) is 0 Å². The Morgan fingerprint density at radius 3 is 2.40 bits per heavy atom. The van der Waals surface area contributed by atoms with E-state index < -0.39 is 18.5 Å². The molecule has 3 aromatic carbocycles. The fourth-order valence-electron chi connectivity index (χ4n) is 3.55. The number of hydrogen-bond donors (Lipinski definition) is 1. The van der Waals surface area contributed by atoms with Crippen LogP contribution in [0.1, 0.15) is 15.4 Å². The summed E-state index contributed by atoms with van der Waals surface area (Å²) >= 11 is 1.28. The van der Waals surface area contributed by atoms with Gasteiger partial charge in [-0.25, -0.2) is 9.48 Å². The Morgan fingerprint density at radius 2 is 1.63 bits per heavy atom. The summed E-state index contributed by atoms with van der Waals surface area (Å²) in [5.41, 5.74) is 2.20. The molecule has 0 atom stereocenters. The molecule has 5 aromatic rings. The first kappa shape index (κ1) is 22.4. The number of aryl methyl sites for hydroxylation is 1. The molecule has 0 aliphatic rings. The fraction of sp³-hybridized carbons (Fsp3) is 0.0741. The molecule has 0 radical (unpaired) electrons. The summed E-state index contributed by atoms with van der Waals surface area (Å²) in [6.07, 6.45) is 0. The summed E-state index contributed by atoms with van der Waals surface area (Å²) in [6, 6.07) is 27.8. The van der Waals surface area contributed by atoms with Crippen molar-refractivity contribution < 1.29 is 19.1 Å². The monoisotopic (exact) mass is 483 g/mol. The smallest absolute Gasteiger partial charge is 0.348 e. The number of amides is 1. The van der Waals surface area contributed by atoms with Gasteiger partial charge in [-0.2, -0.15) is 5.10 Å². The highest BCUT2D eigenvalue weighted by atomic mass is 32.1. The summed E-state index contributed by atoms with van der Waals surface area (Å²) < 4.78 is 13.0. The van der Waals surface area contributed by atoms with Crippen molar-refractivity contribution in [3.05, 3.63) is 102 Å². The van der Waals surface area contributed by atoms with Gasteiger partial charge in [0.05, 0.1) is 17.1 Å². The number of rotatable bonds is 7. The fourth-order valence-corrected chi connectivity index (χ4v) is 4.63. The Bertz CT molecular complexity index is 1490. The number of hydrogen-bond acceptors (Lipinski definition) is 6. The first-order valence-corrected chi connectivity index (χ1v) is 11.7. The zero-order valence-corrected chi connectivity index (χ0v) is 19.6. The quantitative estimate of drug-likeness (QED) is 0.288. The maximum atomic E-state index is 12.7. The SMILES string of the molecule is Cc1nn(-c2ccccc2)c2sc(C(=O)OCC(=O)Nc3ccccc3Oc3ccccc3)cc12. The predicted molar refractivity (Wildman–Crippen MR) is 136 cm³/mol. The van der Waals surface area contributed by atoms with E-state index >= 15 is 0 Å². The zero-order valence-electron chi connectivity index (χ0n) is 18.8. The summed E-state index contributed by atoms with van der Waals surface area (Å²) in [4.78, 5) is 26.5. The number of aromatic nitrogens is 2. The van der Waals surface area contributed by atoms with E-state index in [1.165, 1.54) is 11.3 Å². The Kier molecular flexibility index (Phi) is 6.28. The lowest BCUT2D eigenvalue weighted by atomic mass is 10.3. The maximum absolute atomic E-state index is 12.7. The van der Waals surface area contributed by atoms with Crippen LogP contribution in [0.5, 0.6) is 11.5 Å². The topological polar surface area (TPSA) is 82.5 Å². The second-order valence-corrected chi connectivity index (χ2v) is 8.73. The third-order valence-corrected chi connectivity index (χ3v) is 6.30.